The second-order valence-electron chi connectivity index (χ2n) is 3.90. The van der Waals surface area contributed by atoms with Crippen LogP contribution in [0.1, 0.15) is 30.1 Å². The van der Waals surface area contributed by atoms with Gasteiger partial charge in [0, 0.05) is 6.20 Å². The van der Waals surface area contributed by atoms with Crippen molar-refractivity contribution in [1.29, 1.82) is 0 Å². The summed E-state index contributed by atoms with van der Waals surface area (Å²) in [5.74, 6) is 0. The number of likely N-dealkylation sites (tertiary alicyclic amines) is 1. The summed E-state index contributed by atoms with van der Waals surface area (Å²) in [7, 11) is 2.18. The summed E-state index contributed by atoms with van der Waals surface area (Å²) in [5, 5.41) is 0. The highest BCUT2D eigenvalue weighted by atomic mass is 15.2. The molecule has 1 atom stereocenters. The predicted octanol–water partition coefficient (Wildman–Crippen LogP) is 2.16. The lowest BCUT2D eigenvalue weighted by atomic mass is 10.1. The van der Waals surface area contributed by atoms with Gasteiger partial charge in [-0.05, 0) is 51.1 Å². The van der Waals surface area contributed by atoms with E-state index in [1.165, 1.54) is 30.6 Å². The first-order valence-electron chi connectivity index (χ1n) is 4.90. The molecule has 1 fully saturated rings. The number of pyridine rings is 1. The second kappa shape index (κ2) is 3.46. The normalized spacial score (nSPS) is 23.7. The Morgan fingerprint density at radius 3 is 3.00 bits per heavy atom. The predicted molar refractivity (Wildman–Crippen MR) is 53.6 cm³/mol. The molecule has 0 amide bonds. The quantitative estimate of drug-likeness (QED) is 0.652. The summed E-state index contributed by atoms with van der Waals surface area (Å²) in [6.07, 6.45) is 4.47. The highest BCUT2D eigenvalue weighted by Crippen LogP contribution is 2.28. The maximum absolute atomic E-state index is 4.43. The van der Waals surface area contributed by atoms with Crippen LogP contribution in [-0.4, -0.2) is 23.5 Å². The molecule has 0 N–H and O–H groups in total. The Balaban J connectivity index is 2.24. The highest BCUT2D eigenvalue weighted by Gasteiger charge is 2.23. The largest absolute Gasteiger partial charge is 0.298 e. The average molecular weight is 176 g/mol. The van der Waals surface area contributed by atoms with Gasteiger partial charge < -0.3 is 0 Å². The topological polar surface area (TPSA) is 16.1 Å². The molecule has 0 aromatic carbocycles. The minimum Gasteiger partial charge on any atom is -0.298 e. The summed E-state index contributed by atoms with van der Waals surface area (Å²) in [4.78, 5) is 6.82. The number of nitrogens with zero attached hydrogens (tertiary/aromatic N) is 2. The molecule has 13 heavy (non-hydrogen) atoms. The lowest BCUT2D eigenvalue weighted by Crippen LogP contribution is -2.18. The fourth-order valence-electron chi connectivity index (χ4n) is 2.03. The van der Waals surface area contributed by atoms with Crippen molar-refractivity contribution in [3.05, 3.63) is 29.6 Å². The highest BCUT2D eigenvalue weighted by molar-refractivity contribution is 5.17. The average Bonchev–Trinajstić information content (AvgIpc) is 2.51. The van der Waals surface area contributed by atoms with Crippen LogP contribution in [0.4, 0.5) is 0 Å². The summed E-state index contributed by atoms with van der Waals surface area (Å²) >= 11 is 0. The Labute approximate surface area is 79.6 Å². The van der Waals surface area contributed by atoms with Crippen molar-refractivity contribution in [2.75, 3.05) is 13.6 Å². The van der Waals surface area contributed by atoms with E-state index >= 15 is 0 Å². The van der Waals surface area contributed by atoms with Gasteiger partial charge in [0.1, 0.15) is 0 Å². The smallest absolute Gasteiger partial charge is 0.0577 e. The van der Waals surface area contributed by atoms with Gasteiger partial charge in [0.25, 0.3) is 0 Å². The fraction of sp³-hybridized carbons (Fsp3) is 0.545. The molecule has 0 radical (unpaired) electrons. The molecule has 1 aromatic heterocycles. The van der Waals surface area contributed by atoms with Crippen LogP contribution in [0.2, 0.25) is 0 Å². The van der Waals surface area contributed by atoms with Gasteiger partial charge in [-0.25, -0.2) is 0 Å². The van der Waals surface area contributed by atoms with Crippen molar-refractivity contribution >= 4 is 0 Å². The van der Waals surface area contributed by atoms with Crippen LogP contribution in [-0.2, 0) is 0 Å². The zero-order chi connectivity index (χ0) is 9.26. The molecule has 0 bridgehead atoms. The van der Waals surface area contributed by atoms with Gasteiger partial charge in [0.05, 0.1) is 11.7 Å². The molecule has 2 nitrogen and oxygen atoms in total. The van der Waals surface area contributed by atoms with Crippen molar-refractivity contribution in [3.63, 3.8) is 0 Å². The van der Waals surface area contributed by atoms with Crippen molar-refractivity contribution < 1.29 is 0 Å². The fourth-order valence-corrected chi connectivity index (χ4v) is 2.03. The Morgan fingerprint density at radius 2 is 2.38 bits per heavy atom. The van der Waals surface area contributed by atoms with E-state index in [2.05, 4.69) is 36.0 Å². The van der Waals surface area contributed by atoms with E-state index in [0.717, 1.165) is 0 Å². The Kier molecular flexibility index (Phi) is 2.32. The van der Waals surface area contributed by atoms with Crippen LogP contribution in [0.3, 0.4) is 0 Å². The van der Waals surface area contributed by atoms with Gasteiger partial charge in [0.15, 0.2) is 0 Å². The zero-order valence-electron chi connectivity index (χ0n) is 8.33. The van der Waals surface area contributed by atoms with E-state index < -0.39 is 0 Å². The van der Waals surface area contributed by atoms with Gasteiger partial charge in [-0.3, -0.25) is 9.88 Å². The first-order valence-corrected chi connectivity index (χ1v) is 4.90. The van der Waals surface area contributed by atoms with Crippen molar-refractivity contribution in [2.24, 2.45) is 0 Å². The summed E-state index contributed by atoms with van der Waals surface area (Å²) in [5.41, 5.74) is 2.55. The monoisotopic (exact) mass is 176 g/mol. The van der Waals surface area contributed by atoms with Crippen molar-refractivity contribution in [2.45, 2.75) is 25.8 Å². The maximum Gasteiger partial charge on any atom is 0.0577 e. The molecule has 2 heterocycles. The molecule has 0 spiro atoms. The van der Waals surface area contributed by atoms with E-state index in [9.17, 15) is 0 Å². The standard InChI is InChI=1S/C11H16N2/c1-9-5-6-12-10(8-9)11-4-3-7-13(11)2/h5-6,8,11H,3-4,7H2,1-2H3. The minimum atomic E-state index is 0.555. The van der Waals surface area contributed by atoms with Gasteiger partial charge in [0.2, 0.25) is 0 Å². The third-order valence-electron chi connectivity index (χ3n) is 2.80. The van der Waals surface area contributed by atoms with Crippen LogP contribution in [0, 0.1) is 6.92 Å². The number of hydrogen-bond acceptors (Lipinski definition) is 2. The number of aryl methyl sites for hydroxylation is 1. The maximum atomic E-state index is 4.43. The minimum absolute atomic E-state index is 0.555. The van der Waals surface area contributed by atoms with Crippen LogP contribution in [0.15, 0.2) is 18.3 Å². The summed E-state index contributed by atoms with van der Waals surface area (Å²) in [6, 6.07) is 4.81. The van der Waals surface area contributed by atoms with Crippen LogP contribution in [0.5, 0.6) is 0 Å². The molecule has 2 rings (SSSR count). The number of aromatic nitrogens is 1. The van der Waals surface area contributed by atoms with Gasteiger partial charge >= 0.3 is 0 Å². The van der Waals surface area contributed by atoms with E-state index in [0.29, 0.717) is 6.04 Å². The third kappa shape index (κ3) is 1.73. The van der Waals surface area contributed by atoms with E-state index in [1.54, 1.807) is 0 Å². The summed E-state index contributed by atoms with van der Waals surface area (Å²) < 4.78 is 0. The van der Waals surface area contributed by atoms with Crippen molar-refractivity contribution in [3.8, 4) is 0 Å². The van der Waals surface area contributed by atoms with Crippen molar-refractivity contribution in [1.82, 2.24) is 9.88 Å². The molecule has 70 valence electrons. The summed E-state index contributed by atoms with van der Waals surface area (Å²) in [6.45, 7) is 3.33. The molecule has 0 saturated carbocycles. The Hall–Kier alpha value is -0.890. The molecule has 2 heteroatoms. The lowest BCUT2D eigenvalue weighted by molar-refractivity contribution is 0.312. The first kappa shape index (κ1) is 8.70. The van der Waals surface area contributed by atoms with Crippen LogP contribution < -0.4 is 0 Å². The SMILES string of the molecule is Cc1ccnc(C2CCCN2C)c1. The molecular weight excluding hydrogens is 160 g/mol. The molecule has 1 aromatic rings. The van der Waals surface area contributed by atoms with Gasteiger partial charge in [-0.1, -0.05) is 0 Å². The van der Waals surface area contributed by atoms with E-state index in [1.807, 2.05) is 6.20 Å². The number of hydrogen-bond donors (Lipinski definition) is 0. The Bertz CT molecular complexity index is 296. The first-order chi connectivity index (χ1) is 6.27. The van der Waals surface area contributed by atoms with Crippen LogP contribution in [0.25, 0.3) is 0 Å². The van der Waals surface area contributed by atoms with E-state index in [4.69, 9.17) is 0 Å². The molecule has 1 aliphatic heterocycles. The molecule has 1 aliphatic rings. The van der Waals surface area contributed by atoms with Gasteiger partial charge in [-0.2, -0.15) is 0 Å². The lowest BCUT2D eigenvalue weighted by Gasteiger charge is -2.18. The van der Waals surface area contributed by atoms with E-state index in [-0.39, 0.29) is 0 Å². The zero-order valence-corrected chi connectivity index (χ0v) is 8.33. The molecule has 1 saturated heterocycles. The second-order valence-corrected chi connectivity index (χ2v) is 3.90. The van der Waals surface area contributed by atoms with Crippen LogP contribution >= 0.6 is 0 Å². The van der Waals surface area contributed by atoms with Gasteiger partial charge in [-0.15, -0.1) is 0 Å². The number of rotatable bonds is 1. The molecule has 1 unspecified atom stereocenters. The third-order valence-corrected chi connectivity index (χ3v) is 2.80. The molecule has 0 aliphatic carbocycles. The molecular formula is C11H16N2. The Morgan fingerprint density at radius 1 is 1.54 bits per heavy atom.